The summed E-state index contributed by atoms with van der Waals surface area (Å²) in [7, 11) is 1.58. The van der Waals surface area contributed by atoms with Crippen LogP contribution in [0.5, 0.6) is 11.5 Å². The predicted octanol–water partition coefficient (Wildman–Crippen LogP) is 1.78. The minimum Gasteiger partial charge on any atom is -0.493 e. The predicted molar refractivity (Wildman–Crippen MR) is 105 cm³/mol. The van der Waals surface area contributed by atoms with Crippen molar-refractivity contribution in [2.24, 2.45) is 5.73 Å². The first-order valence-corrected chi connectivity index (χ1v) is 9.18. The maximum atomic E-state index is 13.1. The molecule has 1 aliphatic rings. The number of nitrogens with zero attached hydrogens (tertiary/aromatic N) is 3. The Labute approximate surface area is 159 Å². The van der Waals surface area contributed by atoms with Crippen LogP contribution in [0.1, 0.15) is 16.8 Å². The van der Waals surface area contributed by atoms with Crippen LogP contribution in [0.2, 0.25) is 0 Å². The summed E-state index contributed by atoms with van der Waals surface area (Å²) in [6.45, 7) is 3.82. The zero-order valence-corrected chi connectivity index (χ0v) is 15.6. The van der Waals surface area contributed by atoms with Crippen molar-refractivity contribution >= 4 is 11.6 Å². The van der Waals surface area contributed by atoms with Crippen LogP contribution in [0, 0.1) is 0 Å². The fourth-order valence-electron chi connectivity index (χ4n) is 3.13. The number of nitrogens with two attached hydrogens (primary N) is 1. The second-order valence-electron chi connectivity index (χ2n) is 6.32. The van der Waals surface area contributed by atoms with Crippen LogP contribution in [0.15, 0.2) is 42.7 Å². The van der Waals surface area contributed by atoms with Gasteiger partial charge in [0.25, 0.3) is 5.91 Å². The highest BCUT2D eigenvalue weighted by atomic mass is 16.5. The number of anilines is 1. The fourth-order valence-corrected chi connectivity index (χ4v) is 3.13. The number of hydrogen-bond donors (Lipinski definition) is 1. The molecule has 1 fully saturated rings. The molecule has 0 unspecified atom stereocenters. The monoisotopic (exact) mass is 370 g/mol. The van der Waals surface area contributed by atoms with Gasteiger partial charge in [0.2, 0.25) is 0 Å². The minimum absolute atomic E-state index is 0.0394. The van der Waals surface area contributed by atoms with Crippen molar-refractivity contribution in [3.63, 3.8) is 0 Å². The first kappa shape index (κ1) is 19.0. The van der Waals surface area contributed by atoms with E-state index in [0.717, 1.165) is 25.2 Å². The number of para-hydroxylation sites is 1. The molecule has 2 N–H and O–H groups in total. The minimum atomic E-state index is -0.0394. The molecule has 2 heterocycles. The number of hydrogen-bond acceptors (Lipinski definition) is 6. The lowest BCUT2D eigenvalue weighted by atomic mass is 10.1. The Morgan fingerprint density at radius 3 is 2.67 bits per heavy atom. The Morgan fingerprint density at radius 2 is 2.00 bits per heavy atom. The first-order chi connectivity index (χ1) is 13.2. The lowest BCUT2D eigenvalue weighted by Gasteiger charge is -2.36. The van der Waals surface area contributed by atoms with Gasteiger partial charge in [0.1, 0.15) is 0 Å². The SMILES string of the molecule is COc1cccc(C(=O)N2CCN(c3cccnc3)CC2)c1OCCCN. The van der Waals surface area contributed by atoms with E-state index in [1.807, 2.05) is 29.3 Å². The fraction of sp³-hybridized carbons (Fsp3) is 0.400. The third kappa shape index (κ3) is 4.49. The summed E-state index contributed by atoms with van der Waals surface area (Å²) in [4.78, 5) is 21.4. The van der Waals surface area contributed by atoms with Crippen molar-refractivity contribution in [2.75, 3.05) is 51.3 Å². The van der Waals surface area contributed by atoms with E-state index >= 15 is 0 Å². The summed E-state index contributed by atoms with van der Waals surface area (Å²) < 4.78 is 11.2. The van der Waals surface area contributed by atoms with E-state index in [-0.39, 0.29) is 5.91 Å². The molecule has 1 amide bonds. The van der Waals surface area contributed by atoms with Gasteiger partial charge in [-0.1, -0.05) is 6.07 Å². The summed E-state index contributed by atoms with van der Waals surface area (Å²) in [5.74, 6) is 1.02. The molecule has 1 aliphatic heterocycles. The Hall–Kier alpha value is -2.80. The smallest absolute Gasteiger partial charge is 0.257 e. The number of ether oxygens (including phenoxy) is 2. The normalized spacial score (nSPS) is 14.1. The van der Waals surface area contributed by atoms with E-state index in [1.54, 1.807) is 25.4 Å². The van der Waals surface area contributed by atoms with E-state index in [0.29, 0.717) is 43.3 Å². The van der Waals surface area contributed by atoms with Gasteiger partial charge in [0.15, 0.2) is 11.5 Å². The number of aromatic nitrogens is 1. The van der Waals surface area contributed by atoms with Gasteiger partial charge in [-0.3, -0.25) is 9.78 Å². The zero-order chi connectivity index (χ0) is 19.1. The standard InChI is InChI=1S/C20H26N4O3/c1-26-18-7-2-6-17(19(18)27-14-4-8-21)20(25)24-12-10-23(11-13-24)16-5-3-9-22-15-16/h2-3,5-7,9,15H,4,8,10-14,21H2,1H3. The molecule has 0 radical (unpaired) electrons. The number of carbonyl (C=O) groups is 1. The van der Waals surface area contributed by atoms with Crippen LogP contribution in [0.25, 0.3) is 0 Å². The average Bonchev–Trinajstić information content (AvgIpc) is 2.74. The van der Waals surface area contributed by atoms with Gasteiger partial charge in [0.05, 0.1) is 31.2 Å². The van der Waals surface area contributed by atoms with Crippen molar-refractivity contribution in [3.05, 3.63) is 48.3 Å². The highest BCUT2D eigenvalue weighted by Crippen LogP contribution is 2.32. The molecule has 0 atom stereocenters. The first-order valence-electron chi connectivity index (χ1n) is 9.18. The third-order valence-electron chi connectivity index (χ3n) is 4.60. The molecule has 2 aromatic rings. The number of pyridine rings is 1. The van der Waals surface area contributed by atoms with Gasteiger partial charge in [-0.25, -0.2) is 0 Å². The zero-order valence-electron chi connectivity index (χ0n) is 15.6. The maximum absolute atomic E-state index is 13.1. The Kier molecular flexibility index (Phi) is 6.49. The maximum Gasteiger partial charge on any atom is 0.257 e. The molecule has 3 rings (SSSR count). The highest BCUT2D eigenvalue weighted by Gasteiger charge is 2.26. The molecule has 7 heteroatoms. The van der Waals surface area contributed by atoms with Crippen molar-refractivity contribution in [3.8, 4) is 11.5 Å². The molecule has 0 saturated carbocycles. The number of carbonyl (C=O) groups excluding carboxylic acids is 1. The summed E-state index contributed by atoms with van der Waals surface area (Å²) in [6, 6.07) is 9.36. The van der Waals surface area contributed by atoms with Crippen LogP contribution < -0.4 is 20.1 Å². The summed E-state index contributed by atoms with van der Waals surface area (Å²) in [5.41, 5.74) is 7.15. The third-order valence-corrected chi connectivity index (χ3v) is 4.60. The molecule has 27 heavy (non-hydrogen) atoms. The molecule has 1 aromatic carbocycles. The van der Waals surface area contributed by atoms with Gasteiger partial charge in [-0.05, 0) is 37.2 Å². The van der Waals surface area contributed by atoms with Crippen molar-refractivity contribution in [1.82, 2.24) is 9.88 Å². The summed E-state index contributed by atoms with van der Waals surface area (Å²) >= 11 is 0. The van der Waals surface area contributed by atoms with Crippen molar-refractivity contribution < 1.29 is 14.3 Å². The van der Waals surface area contributed by atoms with Crippen LogP contribution in [0.4, 0.5) is 5.69 Å². The van der Waals surface area contributed by atoms with E-state index in [4.69, 9.17) is 15.2 Å². The van der Waals surface area contributed by atoms with E-state index in [1.165, 1.54) is 0 Å². The number of rotatable bonds is 7. The van der Waals surface area contributed by atoms with Crippen molar-refractivity contribution in [2.45, 2.75) is 6.42 Å². The molecular formula is C20H26N4O3. The Bertz CT molecular complexity index is 746. The quantitative estimate of drug-likeness (QED) is 0.749. The second kappa shape index (κ2) is 9.23. The largest absolute Gasteiger partial charge is 0.493 e. The summed E-state index contributed by atoms with van der Waals surface area (Å²) in [6.07, 6.45) is 4.33. The lowest BCUT2D eigenvalue weighted by molar-refractivity contribution is 0.0741. The van der Waals surface area contributed by atoms with Crippen LogP contribution in [-0.4, -0.2) is 62.2 Å². The molecule has 0 spiro atoms. The number of piperazine rings is 1. The van der Waals surface area contributed by atoms with Crippen LogP contribution >= 0.6 is 0 Å². The molecule has 1 aromatic heterocycles. The Balaban J connectivity index is 1.71. The molecule has 0 bridgehead atoms. The molecular weight excluding hydrogens is 344 g/mol. The van der Waals surface area contributed by atoms with Crippen LogP contribution in [0.3, 0.4) is 0 Å². The van der Waals surface area contributed by atoms with Gasteiger partial charge in [-0.15, -0.1) is 0 Å². The Morgan fingerprint density at radius 1 is 1.19 bits per heavy atom. The molecule has 1 saturated heterocycles. The van der Waals surface area contributed by atoms with E-state index in [2.05, 4.69) is 9.88 Å². The van der Waals surface area contributed by atoms with Crippen molar-refractivity contribution in [1.29, 1.82) is 0 Å². The summed E-state index contributed by atoms with van der Waals surface area (Å²) in [5, 5.41) is 0. The topological polar surface area (TPSA) is 80.9 Å². The molecule has 144 valence electrons. The second-order valence-corrected chi connectivity index (χ2v) is 6.32. The molecule has 7 nitrogen and oxygen atoms in total. The van der Waals surface area contributed by atoms with Gasteiger partial charge in [0, 0.05) is 32.4 Å². The number of benzene rings is 1. The van der Waals surface area contributed by atoms with E-state index < -0.39 is 0 Å². The van der Waals surface area contributed by atoms with Gasteiger partial charge in [-0.2, -0.15) is 0 Å². The number of amides is 1. The van der Waals surface area contributed by atoms with Gasteiger partial charge >= 0.3 is 0 Å². The van der Waals surface area contributed by atoms with E-state index in [9.17, 15) is 4.79 Å². The lowest BCUT2D eigenvalue weighted by Crippen LogP contribution is -2.48. The number of methoxy groups -OCH3 is 1. The average molecular weight is 370 g/mol. The highest BCUT2D eigenvalue weighted by molar-refractivity contribution is 5.98. The van der Waals surface area contributed by atoms with Gasteiger partial charge < -0.3 is 25.0 Å². The van der Waals surface area contributed by atoms with Crippen LogP contribution in [-0.2, 0) is 0 Å². The molecule has 0 aliphatic carbocycles.